The highest BCUT2D eigenvalue weighted by atomic mass is 16.5. The number of benzene rings is 1. The minimum Gasteiger partial charge on any atom is -0.493 e. The number of rotatable bonds is 1. The van der Waals surface area contributed by atoms with Crippen LogP contribution >= 0.6 is 0 Å². The number of ether oxygens (including phenoxy) is 2. The second kappa shape index (κ2) is 3.96. The van der Waals surface area contributed by atoms with Crippen molar-refractivity contribution in [2.24, 2.45) is 0 Å². The molecule has 2 aliphatic carbocycles. The highest BCUT2D eigenvalue weighted by molar-refractivity contribution is 5.62. The molecule has 3 unspecified atom stereocenters. The van der Waals surface area contributed by atoms with Crippen molar-refractivity contribution < 1.29 is 19.7 Å². The summed E-state index contributed by atoms with van der Waals surface area (Å²) < 4.78 is 11.7. The zero-order valence-electron chi connectivity index (χ0n) is 12.6. The van der Waals surface area contributed by atoms with Crippen LogP contribution in [-0.4, -0.2) is 47.7 Å². The number of methoxy groups -OCH3 is 1. The minimum atomic E-state index is -0.847. The molecule has 2 bridgehead atoms. The third-order valence-corrected chi connectivity index (χ3v) is 6.46. The Morgan fingerprint density at radius 2 is 2.23 bits per heavy atom. The Kier molecular flexibility index (Phi) is 2.37. The topological polar surface area (TPSA) is 71.0 Å². The molecule has 0 aromatic heterocycles. The first kappa shape index (κ1) is 13.2. The molecule has 0 radical (unpaired) electrons. The Morgan fingerprint density at radius 3 is 3.05 bits per heavy atom. The third kappa shape index (κ3) is 1.21. The van der Waals surface area contributed by atoms with E-state index in [1.54, 1.807) is 7.11 Å². The van der Waals surface area contributed by atoms with E-state index in [1.807, 2.05) is 6.07 Å². The molecule has 1 aromatic carbocycles. The van der Waals surface area contributed by atoms with E-state index in [2.05, 4.69) is 11.4 Å². The van der Waals surface area contributed by atoms with Gasteiger partial charge in [0, 0.05) is 11.6 Å². The smallest absolute Gasteiger partial charge is 0.166 e. The van der Waals surface area contributed by atoms with Gasteiger partial charge in [-0.15, -0.1) is 0 Å². The summed E-state index contributed by atoms with van der Waals surface area (Å²) in [5, 5.41) is 25.7. The molecule has 5 rings (SSSR count). The molecule has 1 saturated carbocycles. The zero-order chi connectivity index (χ0) is 15.1. The fourth-order valence-corrected chi connectivity index (χ4v) is 5.57. The average Bonchev–Trinajstić information content (AvgIpc) is 2.85. The van der Waals surface area contributed by atoms with Crippen molar-refractivity contribution in [1.82, 2.24) is 5.32 Å². The highest BCUT2D eigenvalue weighted by Crippen LogP contribution is 2.64. The van der Waals surface area contributed by atoms with E-state index in [9.17, 15) is 10.2 Å². The van der Waals surface area contributed by atoms with Crippen molar-refractivity contribution in [3.8, 4) is 11.5 Å². The van der Waals surface area contributed by atoms with Crippen LogP contribution in [0.4, 0.5) is 0 Å². The first-order valence-corrected chi connectivity index (χ1v) is 8.12. The van der Waals surface area contributed by atoms with Crippen molar-refractivity contribution in [3.63, 3.8) is 0 Å². The van der Waals surface area contributed by atoms with Crippen molar-refractivity contribution in [2.75, 3.05) is 13.7 Å². The molecule has 2 fully saturated rings. The summed E-state index contributed by atoms with van der Waals surface area (Å²) in [5.74, 6) is 1.44. The summed E-state index contributed by atoms with van der Waals surface area (Å²) in [6, 6.07) is 4.06. The summed E-state index contributed by atoms with van der Waals surface area (Å²) >= 11 is 0. The van der Waals surface area contributed by atoms with Crippen LogP contribution < -0.4 is 14.8 Å². The molecule has 5 atom stereocenters. The predicted molar refractivity (Wildman–Crippen MR) is 79.4 cm³/mol. The van der Waals surface area contributed by atoms with Gasteiger partial charge in [-0.2, -0.15) is 0 Å². The molecular weight excluding hydrogens is 282 g/mol. The molecule has 1 saturated heterocycles. The van der Waals surface area contributed by atoms with Crippen LogP contribution in [-0.2, 0) is 11.8 Å². The number of aliphatic hydroxyl groups excluding tert-OH is 1. The van der Waals surface area contributed by atoms with E-state index in [4.69, 9.17) is 9.47 Å². The van der Waals surface area contributed by atoms with Gasteiger partial charge in [-0.1, -0.05) is 6.07 Å². The monoisotopic (exact) mass is 303 g/mol. The summed E-state index contributed by atoms with van der Waals surface area (Å²) in [7, 11) is 1.64. The molecule has 1 aromatic rings. The second-order valence-corrected chi connectivity index (χ2v) is 7.13. The van der Waals surface area contributed by atoms with Gasteiger partial charge in [0.2, 0.25) is 0 Å². The van der Waals surface area contributed by atoms with Gasteiger partial charge in [0.1, 0.15) is 6.10 Å². The minimum absolute atomic E-state index is 0.0340. The van der Waals surface area contributed by atoms with Crippen LogP contribution in [0.5, 0.6) is 11.5 Å². The van der Waals surface area contributed by atoms with Gasteiger partial charge in [0.15, 0.2) is 11.5 Å². The number of nitrogens with one attached hydrogen (secondary N) is 1. The highest BCUT2D eigenvalue weighted by Gasteiger charge is 2.71. The number of piperidine rings is 1. The van der Waals surface area contributed by atoms with Crippen molar-refractivity contribution in [2.45, 2.75) is 54.9 Å². The average molecular weight is 303 g/mol. The molecule has 4 aliphatic rings. The lowest BCUT2D eigenvalue weighted by Crippen LogP contribution is -2.76. The van der Waals surface area contributed by atoms with Crippen molar-refractivity contribution in [1.29, 1.82) is 0 Å². The first-order chi connectivity index (χ1) is 10.6. The zero-order valence-corrected chi connectivity index (χ0v) is 12.6. The van der Waals surface area contributed by atoms with E-state index < -0.39 is 17.1 Å². The van der Waals surface area contributed by atoms with Gasteiger partial charge in [0.25, 0.3) is 0 Å². The Bertz CT molecular complexity index is 662. The van der Waals surface area contributed by atoms with Gasteiger partial charge in [-0.25, -0.2) is 0 Å². The maximum Gasteiger partial charge on any atom is 0.166 e. The number of aliphatic hydroxyl groups is 2. The fraction of sp³-hybridized carbons (Fsp3) is 0.647. The fourth-order valence-electron chi connectivity index (χ4n) is 5.57. The maximum atomic E-state index is 11.6. The lowest BCUT2D eigenvalue weighted by atomic mass is 9.49. The van der Waals surface area contributed by atoms with Gasteiger partial charge in [0.05, 0.1) is 24.2 Å². The second-order valence-electron chi connectivity index (χ2n) is 7.13. The van der Waals surface area contributed by atoms with Crippen LogP contribution in [0.3, 0.4) is 0 Å². The van der Waals surface area contributed by atoms with E-state index >= 15 is 0 Å². The standard InChI is InChI=1S/C17H21NO4/c1-21-11-3-2-9-8-12-17(20)5-4-10(19)15-16(17,6-7-18-12)13(9)14(11)22-15/h2-3,10,12,15,18-20H,4-8H2,1H3/t10?,12?,15?,16-,17+/m0/s1. The summed E-state index contributed by atoms with van der Waals surface area (Å²) in [6.45, 7) is 0.843. The molecule has 5 heteroatoms. The quantitative estimate of drug-likeness (QED) is 0.705. The Balaban J connectivity index is 1.85. The van der Waals surface area contributed by atoms with Gasteiger partial charge < -0.3 is 25.0 Å². The summed E-state index contributed by atoms with van der Waals surface area (Å²) in [5.41, 5.74) is 0.961. The van der Waals surface area contributed by atoms with E-state index in [0.29, 0.717) is 18.6 Å². The Hall–Kier alpha value is -1.30. The molecule has 1 spiro atoms. The van der Waals surface area contributed by atoms with Gasteiger partial charge in [-0.05, 0) is 43.9 Å². The lowest BCUT2D eigenvalue weighted by Gasteiger charge is -2.61. The summed E-state index contributed by atoms with van der Waals surface area (Å²) in [6.07, 6.45) is 1.86. The predicted octanol–water partition coefficient (Wildman–Crippen LogP) is 0.498. The lowest BCUT2D eigenvalue weighted by molar-refractivity contribution is -0.179. The largest absolute Gasteiger partial charge is 0.493 e. The van der Waals surface area contributed by atoms with Crippen molar-refractivity contribution >= 4 is 0 Å². The van der Waals surface area contributed by atoms with E-state index in [-0.39, 0.29) is 12.1 Å². The molecule has 2 heterocycles. The molecule has 3 N–H and O–H groups in total. The van der Waals surface area contributed by atoms with Crippen molar-refractivity contribution in [3.05, 3.63) is 23.3 Å². The van der Waals surface area contributed by atoms with Gasteiger partial charge >= 0.3 is 0 Å². The van der Waals surface area contributed by atoms with Gasteiger partial charge in [-0.3, -0.25) is 0 Å². The van der Waals surface area contributed by atoms with Crippen LogP contribution in [0.1, 0.15) is 30.4 Å². The number of hydrogen-bond acceptors (Lipinski definition) is 5. The summed E-state index contributed by atoms with van der Waals surface area (Å²) in [4.78, 5) is 0. The van der Waals surface area contributed by atoms with E-state index in [1.165, 1.54) is 5.56 Å². The van der Waals surface area contributed by atoms with Crippen LogP contribution in [0.15, 0.2) is 12.1 Å². The first-order valence-electron chi connectivity index (χ1n) is 8.12. The van der Waals surface area contributed by atoms with Crippen LogP contribution in [0, 0.1) is 0 Å². The van der Waals surface area contributed by atoms with E-state index in [0.717, 1.165) is 30.7 Å². The molecular formula is C17H21NO4. The Labute approximate surface area is 129 Å². The van der Waals surface area contributed by atoms with Crippen LogP contribution in [0.25, 0.3) is 0 Å². The molecule has 22 heavy (non-hydrogen) atoms. The molecule has 0 amide bonds. The maximum absolute atomic E-state index is 11.6. The SMILES string of the molecule is COc1ccc2c3c1OC1C(O)CC[C@@]4(O)C(C2)NCC[C@]314. The molecule has 2 aliphatic heterocycles. The van der Waals surface area contributed by atoms with Crippen LogP contribution in [0.2, 0.25) is 0 Å². The molecule has 5 nitrogen and oxygen atoms in total. The molecule has 118 valence electrons. The normalized spacial score (nSPS) is 44.2. The third-order valence-electron chi connectivity index (χ3n) is 6.46. The number of hydrogen-bond donors (Lipinski definition) is 3. The Morgan fingerprint density at radius 1 is 1.36 bits per heavy atom.